The summed E-state index contributed by atoms with van der Waals surface area (Å²) in [5, 5.41) is 11.2. The maximum Gasteiger partial charge on any atom is 0.241 e. The fourth-order valence-electron chi connectivity index (χ4n) is 1.72. The monoisotopic (exact) mass is 387 g/mol. The maximum absolute atomic E-state index is 11.7. The first-order valence-electron chi connectivity index (χ1n) is 7.57. The van der Waals surface area contributed by atoms with Crippen molar-refractivity contribution in [3.8, 4) is 0 Å². The quantitative estimate of drug-likeness (QED) is 0.324. The number of likely N-dealkylation sites (N-methyl/N-ethyl adjacent to an activating group) is 1. The second-order valence-electron chi connectivity index (χ2n) is 5.42. The van der Waals surface area contributed by atoms with Crippen LogP contribution in [0.3, 0.4) is 0 Å². The van der Waals surface area contributed by atoms with Gasteiger partial charge in [0.15, 0.2) is 5.96 Å². The molecular formula is C15H25N5O3S2. The lowest BCUT2D eigenvalue weighted by Crippen LogP contribution is -2.43. The van der Waals surface area contributed by atoms with Gasteiger partial charge in [-0.05, 0) is 24.0 Å². The second-order valence-corrected chi connectivity index (χ2v) is 7.96. The summed E-state index contributed by atoms with van der Waals surface area (Å²) in [5.74, 6) is 1.38. The predicted octanol–water partition coefficient (Wildman–Crippen LogP) is -0.180. The third kappa shape index (κ3) is 8.23. The Balaban J connectivity index is 2.74. The fraction of sp³-hybridized carbons (Fsp3) is 0.467. The van der Waals surface area contributed by atoms with E-state index < -0.39 is 10.0 Å². The molecule has 0 aromatic heterocycles. The van der Waals surface area contributed by atoms with Crippen molar-refractivity contribution in [3.63, 3.8) is 0 Å². The van der Waals surface area contributed by atoms with Crippen molar-refractivity contribution in [2.75, 3.05) is 39.2 Å². The molecule has 0 aliphatic carbocycles. The lowest BCUT2D eigenvalue weighted by atomic mass is 10.2. The van der Waals surface area contributed by atoms with Gasteiger partial charge < -0.3 is 15.5 Å². The number of hydrogen-bond acceptors (Lipinski definition) is 5. The van der Waals surface area contributed by atoms with Gasteiger partial charge in [-0.3, -0.25) is 4.79 Å². The number of hydrogen-bond donors (Lipinski definition) is 3. The number of carbonyl (C=O) groups excluding carboxylic acids is 1. The van der Waals surface area contributed by atoms with Gasteiger partial charge in [-0.1, -0.05) is 12.1 Å². The van der Waals surface area contributed by atoms with Crippen molar-refractivity contribution >= 4 is 33.7 Å². The second kappa shape index (κ2) is 10.3. The Morgan fingerprint density at radius 1 is 1.24 bits per heavy atom. The number of thioether (sulfide) groups is 1. The molecule has 25 heavy (non-hydrogen) atoms. The predicted molar refractivity (Wildman–Crippen MR) is 102 cm³/mol. The van der Waals surface area contributed by atoms with Gasteiger partial charge in [0.2, 0.25) is 15.9 Å². The van der Waals surface area contributed by atoms with Crippen LogP contribution in [0, 0.1) is 0 Å². The SMILES string of the molecule is CSCCNC(=NCc1ccc(S(N)(=O)=O)cc1)NCC(=O)N(C)C. The summed E-state index contributed by atoms with van der Waals surface area (Å²) in [5.41, 5.74) is 0.831. The first-order valence-corrected chi connectivity index (χ1v) is 10.5. The summed E-state index contributed by atoms with van der Waals surface area (Å²) in [7, 11) is -0.318. The molecule has 0 spiro atoms. The Bertz CT molecular complexity index is 688. The molecule has 0 atom stereocenters. The summed E-state index contributed by atoms with van der Waals surface area (Å²) in [6.45, 7) is 1.20. The van der Waals surface area contributed by atoms with Gasteiger partial charge in [0.05, 0.1) is 18.0 Å². The van der Waals surface area contributed by atoms with E-state index in [1.807, 2.05) is 6.26 Å². The van der Waals surface area contributed by atoms with Crippen LogP contribution >= 0.6 is 11.8 Å². The van der Waals surface area contributed by atoms with E-state index in [0.29, 0.717) is 19.0 Å². The molecule has 0 saturated heterocycles. The maximum atomic E-state index is 11.7. The molecule has 0 aliphatic rings. The van der Waals surface area contributed by atoms with E-state index in [4.69, 9.17) is 5.14 Å². The highest BCUT2D eigenvalue weighted by Crippen LogP contribution is 2.09. The number of nitrogens with one attached hydrogen (secondary N) is 2. The number of nitrogens with zero attached hydrogens (tertiary/aromatic N) is 2. The van der Waals surface area contributed by atoms with Crippen molar-refractivity contribution in [3.05, 3.63) is 29.8 Å². The average Bonchev–Trinajstić information content (AvgIpc) is 2.56. The average molecular weight is 388 g/mol. The number of guanidine groups is 1. The minimum Gasteiger partial charge on any atom is -0.356 e. The van der Waals surface area contributed by atoms with Crippen LogP contribution in [0.25, 0.3) is 0 Å². The number of benzene rings is 1. The van der Waals surface area contributed by atoms with Gasteiger partial charge in [0.25, 0.3) is 0 Å². The van der Waals surface area contributed by atoms with Gasteiger partial charge in [-0.25, -0.2) is 18.5 Å². The number of rotatable bonds is 8. The molecule has 4 N–H and O–H groups in total. The largest absolute Gasteiger partial charge is 0.356 e. The van der Waals surface area contributed by atoms with Crippen LogP contribution in [0.15, 0.2) is 34.2 Å². The standard InChI is InChI=1S/C15H25N5O3S2/c1-20(2)14(21)11-19-15(17-8-9-24-3)18-10-12-4-6-13(7-5-12)25(16,22)23/h4-7H,8-11H2,1-3H3,(H2,16,22,23)(H2,17,18,19). The van der Waals surface area contributed by atoms with Crippen molar-refractivity contribution in [2.24, 2.45) is 10.1 Å². The van der Waals surface area contributed by atoms with Gasteiger partial charge in [0, 0.05) is 26.4 Å². The lowest BCUT2D eigenvalue weighted by Gasteiger charge is -2.14. The van der Waals surface area contributed by atoms with Gasteiger partial charge >= 0.3 is 0 Å². The topological polar surface area (TPSA) is 117 Å². The number of amides is 1. The molecule has 0 saturated carbocycles. The summed E-state index contributed by atoms with van der Waals surface area (Å²) in [6, 6.07) is 6.22. The summed E-state index contributed by atoms with van der Waals surface area (Å²) in [6.07, 6.45) is 2.01. The fourth-order valence-corrected chi connectivity index (χ4v) is 2.54. The molecule has 0 unspecified atom stereocenters. The summed E-state index contributed by atoms with van der Waals surface area (Å²) >= 11 is 1.70. The van der Waals surface area contributed by atoms with E-state index in [-0.39, 0.29) is 17.3 Å². The molecule has 0 heterocycles. The van der Waals surface area contributed by atoms with Gasteiger partial charge in [-0.2, -0.15) is 11.8 Å². The van der Waals surface area contributed by atoms with Crippen molar-refractivity contribution in [1.82, 2.24) is 15.5 Å². The van der Waals surface area contributed by atoms with Crippen molar-refractivity contribution in [1.29, 1.82) is 0 Å². The molecule has 1 aromatic rings. The van der Waals surface area contributed by atoms with Crippen LogP contribution in [-0.2, 0) is 21.4 Å². The number of nitrogens with two attached hydrogens (primary N) is 1. The molecule has 0 fully saturated rings. The van der Waals surface area contributed by atoms with E-state index >= 15 is 0 Å². The Morgan fingerprint density at radius 2 is 1.88 bits per heavy atom. The Kier molecular flexibility index (Phi) is 8.73. The number of carbonyl (C=O) groups is 1. The Morgan fingerprint density at radius 3 is 2.40 bits per heavy atom. The zero-order valence-corrected chi connectivity index (χ0v) is 16.3. The zero-order chi connectivity index (χ0) is 18.9. The smallest absolute Gasteiger partial charge is 0.241 e. The highest BCUT2D eigenvalue weighted by atomic mass is 32.2. The third-order valence-corrected chi connectivity index (χ3v) is 4.72. The third-order valence-electron chi connectivity index (χ3n) is 3.18. The molecule has 0 bridgehead atoms. The molecule has 1 rings (SSSR count). The summed E-state index contributed by atoms with van der Waals surface area (Å²) in [4.78, 5) is 17.7. The van der Waals surface area contributed by atoms with Crippen LogP contribution in [-0.4, -0.2) is 64.4 Å². The zero-order valence-electron chi connectivity index (χ0n) is 14.7. The van der Waals surface area contributed by atoms with Crippen LogP contribution in [0.5, 0.6) is 0 Å². The highest BCUT2D eigenvalue weighted by molar-refractivity contribution is 7.98. The minimum atomic E-state index is -3.70. The first-order chi connectivity index (χ1) is 11.7. The highest BCUT2D eigenvalue weighted by Gasteiger charge is 2.08. The lowest BCUT2D eigenvalue weighted by molar-refractivity contribution is -0.127. The van der Waals surface area contributed by atoms with Crippen LogP contribution in [0.1, 0.15) is 5.56 Å². The van der Waals surface area contributed by atoms with Crippen LogP contribution in [0.2, 0.25) is 0 Å². The molecule has 8 nitrogen and oxygen atoms in total. The van der Waals surface area contributed by atoms with Crippen LogP contribution < -0.4 is 15.8 Å². The minimum absolute atomic E-state index is 0.0585. The van der Waals surface area contributed by atoms with Crippen molar-refractivity contribution < 1.29 is 13.2 Å². The number of primary sulfonamides is 1. The Labute approximate surface area is 153 Å². The van der Waals surface area contributed by atoms with Crippen LogP contribution in [0.4, 0.5) is 0 Å². The molecule has 1 amide bonds. The van der Waals surface area contributed by atoms with E-state index in [2.05, 4.69) is 15.6 Å². The van der Waals surface area contributed by atoms with Crippen molar-refractivity contribution in [2.45, 2.75) is 11.4 Å². The van der Waals surface area contributed by atoms with Gasteiger partial charge in [0.1, 0.15) is 0 Å². The van der Waals surface area contributed by atoms with E-state index in [1.165, 1.54) is 17.0 Å². The normalized spacial score (nSPS) is 11.9. The number of aliphatic imine (C=N–C) groups is 1. The number of sulfonamides is 1. The molecule has 0 radical (unpaired) electrons. The van der Waals surface area contributed by atoms with E-state index in [0.717, 1.165) is 11.3 Å². The molecular weight excluding hydrogens is 362 g/mol. The van der Waals surface area contributed by atoms with Gasteiger partial charge in [-0.15, -0.1) is 0 Å². The van der Waals surface area contributed by atoms with E-state index in [1.54, 1.807) is 38.0 Å². The Hall–Kier alpha value is -1.78. The molecule has 1 aromatic carbocycles. The van der Waals surface area contributed by atoms with E-state index in [9.17, 15) is 13.2 Å². The first kappa shape index (κ1) is 21.3. The summed E-state index contributed by atoms with van der Waals surface area (Å²) < 4.78 is 22.5. The molecule has 0 aliphatic heterocycles. The molecule has 140 valence electrons. The molecule has 10 heteroatoms.